The van der Waals surface area contributed by atoms with E-state index < -0.39 is 0 Å². The van der Waals surface area contributed by atoms with Crippen molar-refractivity contribution in [2.45, 2.75) is 44.9 Å². The molecule has 0 N–H and O–H groups in total. The van der Waals surface area contributed by atoms with Crippen molar-refractivity contribution in [3.05, 3.63) is 18.1 Å². The van der Waals surface area contributed by atoms with E-state index in [1.54, 1.807) is 6.33 Å². The second-order valence-electron chi connectivity index (χ2n) is 6.25. The van der Waals surface area contributed by atoms with E-state index in [0.29, 0.717) is 5.92 Å². The van der Waals surface area contributed by atoms with Crippen LogP contribution in [-0.4, -0.2) is 47.6 Å². The molecule has 2 aliphatic rings. The van der Waals surface area contributed by atoms with Gasteiger partial charge in [0.2, 0.25) is 0 Å². The summed E-state index contributed by atoms with van der Waals surface area (Å²) in [4.78, 5) is 13.9. The number of aromatic nitrogens is 2. The molecule has 118 valence electrons. The Labute approximate surface area is 133 Å². The molecule has 0 unspecified atom stereocenters. The van der Waals surface area contributed by atoms with Crippen LogP contribution in [0, 0.1) is 11.8 Å². The van der Waals surface area contributed by atoms with Gasteiger partial charge in [0.05, 0.1) is 6.54 Å². The van der Waals surface area contributed by atoms with E-state index in [4.69, 9.17) is 0 Å². The molecule has 0 spiro atoms. The highest BCUT2D eigenvalue weighted by molar-refractivity contribution is 5.40. The van der Waals surface area contributed by atoms with E-state index >= 15 is 0 Å². The number of piperidine rings is 1. The van der Waals surface area contributed by atoms with Crippen LogP contribution in [0.2, 0.25) is 0 Å². The predicted octanol–water partition coefficient (Wildman–Crippen LogP) is 2.67. The minimum atomic E-state index is 0.583. The highest BCUT2D eigenvalue weighted by atomic mass is 15.2. The number of anilines is 1. The van der Waals surface area contributed by atoms with Gasteiger partial charge in [0, 0.05) is 37.2 Å². The Balaban J connectivity index is 1.58. The van der Waals surface area contributed by atoms with Crippen LogP contribution in [-0.2, 0) is 0 Å². The average molecular weight is 298 g/mol. The Morgan fingerprint density at radius 1 is 1.09 bits per heavy atom. The van der Waals surface area contributed by atoms with Crippen LogP contribution < -0.4 is 4.90 Å². The summed E-state index contributed by atoms with van der Waals surface area (Å²) in [5, 5.41) is 0. The first-order valence-electron chi connectivity index (χ1n) is 8.62. The molecule has 2 aliphatic heterocycles. The molecule has 1 aromatic heterocycles. The molecule has 4 nitrogen and oxygen atoms in total. The summed E-state index contributed by atoms with van der Waals surface area (Å²) < 4.78 is 0. The summed E-state index contributed by atoms with van der Waals surface area (Å²) in [5.74, 6) is 8.12. The summed E-state index contributed by atoms with van der Waals surface area (Å²) in [5.41, 5.74) is 1.23. The Hall–Kier alpha value is -1.60. The molecule has 0 atom stereocenters. The molecule has 22 heavy (non-hydrogen) atoms. The zero-order valence-corrected chi connectivity index (χ0v) is 13.6. The van der Waals surface area contributed by atoms with Crippen molar-refractivity contribution in [3.8, 4) is 11.8 Å². The maximum absolute atomic E-state index is 4.55. The molecule has 0 aromatic carbocycles. The molecule has 3 rings (SSSR count). The number of nitrogens with zero attached hydrogens (tertiary/aromatic N) is 4. The molecule has 2 fully saturated rings. The van der Waals surface area contributed by atoms with Gasteiger partial charge in [-0.15, -0.1) is 5.92 Å². The molecular weight excluding hydrogens is 272 g/mol. The van der Waals surface area contributed by atoms with Crippen LogP contribution in [0.4, 0.5) is 5.82 Å². The molecular formula is C18H26N4. The van der Waals surface area contributed by atoms with E-state index in [-0.39, 0.29) is 0 Å². The molecule has 2 saturated heterocycles. The molecule has 1 aromatic rings. The second-order valence-corrected chi connectivity index (χ2v) is 6.25. The fourth-order valence-corrected chi connectivity index (χ4v) is 3.38. The normalized spacial score (nSPS) is 20.0. The predicted molar refractivity (Wildman–Crippen MR) is 90.0 cm³/mol. The summed E-state index contributed by atoms with van der Waals surface area (Å²) in [6, 6.07) is 2.22. The zero-order valence-electron chi connectivity index (χ0n) is 13.6. The van der Waals surface area contributed by atoms with Crippen LogP contribution in [0.1, 0.15) is 50.6 Å². The van der Waals surface area contributed by atoms with Gasteiger partial charge in [-0.3, -0.25) is 4.90 Å². The van der Waals surface area contributed by atoms with Crippen molar-refractivity contribution < 1.29 is 0 Å². The van der Waals surface area contributed by atoms with Crippen LogP contribution in [0.15, 0.2) is 12.4 Å². The lowest BCUT2D eigenvalue weighted by Crippen LogP contribution is -2.33. The third-order valence-corrected chi connectivity index (χ3v) is 4.71. The third-order valence-electron chi connectivity index (χ3n) is 4.71. The van der Waals surface area contributed by atoms with Crippen molar-refractivity contribution in [2.24, 2.45) is 0 Å². The van der Waals surface area contributed by atoms with E-state index in [2.05, 4.69) is 44.6 Å². The number of hydrogen-bond donors (Lipinski definition) is 0. The largest absolute Gasteiger partial charge is 0.357 e. The van der Waals surface area contributed by atoms with Crippen LogP contribution in [0.5, 0.6) is 0 Å². The van der Waals surface area contributed by atoms with Crippen molar-refractivity contribution in [1.82, 2.24) is 14.9 Å². The van der Waals surface area contributed by atoms with Crippen LogP contribution in [0.25, 0.3) is 0 Å². The third kappa shape index (κ3) is 3.78. The lowest BCUT2D eigenvalue weighted by Gasteiger charge is -2.30. The Kier molecular flexibility index (Phi) is 5.29. The highest BCUT2D eigenvalue weighted by Crippen LogP contribution is 2.28. The van der Waals surface area contributed by atoms with Gasteiger partial charge in [0.15, 0.2) is 0 Å². The summed E-state index contributed by atoms with van der Waals surface area (Å²) in [6.45, 7) is 7.57. The quantitative estimate of drug-likeness (QED) is 0.803. The van der Waals surface area contributed by atoms with E-state index in [1.165, 1.54) is 31.4 Å². The van der Waals surface area contributed by atoms with Gasteiger partial charge in [0.25, 0.3) is 0 Å². The number of likely N-dealkylation sites (tertiary alicyclic amines) is 1. The monoisotopic (exact) mass is 298 g/mol. The van der Waals surface area contributed by atoms with Crippen molar-refractivity contribution in [1.29, 1.82) is 0 Å². The van der Waals surface area contributed by atoms with Gasteiger partial charge in [-0.05, 0) is 38.8 Å². The average Bonchev–Trinajstić information content (AvgIpc) is 3.10. The van der Waals surface area contributed by atoms with E-state index in [1.807, 2.05) is 0 Å². The highest BCUT2D eigenvalue weighted by Gasteiger charge is 2.22. The first-order chi connectivity index (χ1) is 10.9. The maximum Gasteiger partial charge on any atom is 0.132 e. The number of hydrogen-bond acceptors (Lipinski definition) is 4. The van der Waals surface area contributed by atoms with E-state index in [0.717, 1.165) is 45.0 Å². The molecule has 0 aliphatic carbocycles. The molecule has 0 radical (unpaired) electrons. The molecule has 0 amide bonds. The molecule has 3 heterocycles. The van der Waals surface area contributed by atoms with Crippen molar-refractivity contribution in [2.75, 3.05) is 37.6 Å². The van der Waals surface area contributed by atoms with Crippen molar-refractivity contribution in [3.63, 3.8) is 0 Å². The van der Waals surface area contributed by atoms with Gasteiger partial charge >= 0.3 is 0 Å². The first-order valence-corrected chi connectivity index (χ1v) is 8.62. The fraction of sp³-hybridized carbons (Fsp3) is 0.667. The zero-order chi connectivity index (χ0) is 15.2. The minimum absolute atomic E-state index is 0.583. The van der Waals surface area contributed by atoms with Gasteiger partial charge in [-0.2, -0.15) is 0 Å². The fourth-order valence-electron chi connectivity index (χ4n) is 3.38. The summed E-state index contributed by atoms with van der Waals surface area (Å²) in [7, 11) is 0. The standard InChI is InChI=1S/C18H26N4/c1-2-3-4-9-21-12-7-16(8-13-21)17-14-18(20-15-19-17)22-10-5-6-11-22/h14-16H,2,5-13H2,1H3. The summed E-state index contributed by atoms with van der Waals surface area (Å²) >= 11 is 0. The minimum Gasteiger partial charge on any atom is -0.357 e. The summed E-state index contributed by atoms with van der Waals surface area (Å²) in [6.07, 6.45) is 7.65. The number of rotatable bonds is 3. The smallest absolute Gasteiger partial charge is 0.132 e. The second kappa shape index (κ2) is 7.60. The SMILES string of the molecule is CCC#CCN1CCC(c2cc(N3CCCC3)ncn2)CC1. The Morgan fingerprint density at radius 3 is 2.59 bits per heavy atom. The van der Waals surface area contributed by atoms with Gasteiger partial charge in [-0.25, -0.2) is 9.97 Å². The maximum atomic E-state index is 4.55. The van der Waals surface area contributed by atoms with Crippen molar-refractivity contribution >= 4 is 5.82 Å². The van der Waals surface area contributed by atoms with Gasteiger partial charge in [0.1, 0.15) is 12.1 Å². The molecule has 4 heteroatoms. The topological polar surface area (TPSA) is 32.3 Å². The lowest BCUT2D eigenvalue weighted by atomic mass is 9.93. The van der Waals surface area contributed by atoms with E-state index in [9.17, 15) is 0 Å². The van der Waals surface area contributed by atoms with Gasteiger partial charge < -0.3 is 4.90 Å². The van der Waals surface area contributed by atoms with Gasteiger partial charge in [-0.1, -0.05) is 12.8 Å². The Morgan fingerprint density at radius 2 is 1.86 bits per heavy atom. The lowest BCUT2D eigenvalue weighted by molar-refractivity contribution is 0.234. The van der Waals surface area contributed by atoms with Crippen LogP contribution in [0.3, 0.4) is 0 Å². The Bertz CT molecular complexity index is 532. The first kappa shape index (κ1) is 15.3. The molecule has 0 bridgehead atoms. The molecule has 0 saturated carbocycles. The van der Waals surface area contributed by atoms with Crippen LogP contribution >= 0.6 is 0 Å².